The summed E-state index contributed by atoms with van der Waals surface area (Å²) in [6.07, 6.45) is 1.27. The molecule has 2 saturated heterocycles. The average molecular weight is 258 g/mol. The van der Waals surface area contributed by atoms with Crippen molar-refractivity contribution in [1.82, 2.24) is 0 Å². The molecule has 0 aromatic carbocycles. The second-order valence-electron chi connectivity index (χ2n) is 6.29. The van der Waals surface area contributed by atoms with E-state index in [4.69, 9.17) is 18.9 Å². The largest absolute Gasteiger partial charge is 0.380 e. The van der Waals surface area contributed by atoms with Gasteiger partial charge in [-0.25, -0.2) is 0 Å². The normalized spacial score (nSPS) is 26.2. The Morgan fingerprint density at radius 2 is 1.78 bits per heavy atom. The van der Waals surface area contributed by atoms with Crippen LogP contribution < -0.4 is 0 Å². The molecular weight excluding hydrogens is 232 g/mol. The molecule has 1 unspecified atom stereocenters. The number of ether oxygens (including phenoxy) is 4. The summed E-state index contributed by atoms with van der Waals surface area (Å²) >= 11 is 0. The van der Waals surface area contributed by atoms with Crippen molar-refractivity contribution in [2.45, 2.75) is 33.3 Å². The summed E-state index contributed by atoms with van der Waals surface area (Å²) in [6, 6.07) is 0. The summed E-state index contributed by atoms with van der Waals surface area (Å²) < 4.78 is 22.1. The summed E-state index contributed by atoms with van der Waals surface area (Å²) in [5.74, 6) is 0. The predicted molar refractivity (Wildman–Crippen MR) is 68.7 cm³/mol. The lowest BCUT2D eigenvalue weighted by Crippen LogP contribution is -2.47. The second kappa shape index (κ2) is 5.87. The highest BCUT2D eigenvalue weighted by molar-refractivity contribution is 4.84. The van der Waals surface area contributed by atoms with Gasteiger partial charge in [0.25, 0.3) is 0 Å². The van der Waals surface area contributed by atoms with Crippen LogP contribution in [-0.2, 0) is 18.9 Å². The van der Waals surface area contributed by atoms with Crippen LogP contribution in [0.2, 0.25) is 0 Å². The molecule has 0 aromatic heterocycles. The quantitative estimate of drug-likeness (QED) is 0.666. The van der Waals surface area contributed by atoms with Gasteiger partial charge < -0.3 is 18.9 Å². The van der Waals surface area contributed by atoms with Gasteiger partial charge in [0.05, 0.1) is 52.4 Å². The zero-order chi connectivity index (χ0) is 13.1. The standard InChI is InChI=1S/C14H26O4/c1-4-14(9-17-10-14)11-18-12(2)5-15-6-13(3)7-16-8-13/h12H,4-11H2,1-3H3. The number of rotatable bonds is 8. The van der Waals surface area contributed by atoms with Gasteiger partial charge in [-0.15, -0.1) is 0 Å². The maximum atomic E-state index is 5.87. The van der Waals surface area contributed by atoms with Gasteiger partial charge in [0.1, 0.15) is 0 Å². The Kier molecular flexibility index (Phi) is 4.64. The molecule has 4 nitrogen and oxygen atoms in total. The van der Waals surface area contributed by atoms with Crippen molar-refractivity contribution in [3.63, 3.8) is 0 Å². The third kappa shape index (κ3) is 3.44. The maximum absolute atomic E-state index is 5.87. The van der Waals surface area contributed by atoms with Crippen molar-refractivity contribution >= 4 is 0 Å². The fraction of sp³-hybridized carbons (Fsp3) is 1.00. The highest BCUT2D eigenvalue weighted by atomic mass is 16.5. The van der Waals surface area contributed by atoms with Gasteiger partial charge in [-0.2, -0.15) is 0 Å². The third-order valence-electron chi connectivity index (χ3n) is 3.94. The molecule has 0 saturated carbocycles. The Morgan fingerprint density at radius 3 is 2.22 bits per heavy atom. The molecule has 0 bridgehead atoms. The zero-order valence-corrected chi connectivity index (χ0v) is 11.9. The second-order valence-corrected chi connectivity index (χ2v) is 6.29. The van der Waals surface area contributed by atoms with Crippen LogP contribution in [0.4, 0.5) is 0 Å². The molecule has 0 amide bonds. The van der Waals surface area contributed by atoms with Crippen molar-refractivity contribution in [3.8, 4) is 0 Å². The van der Waals surface area contributed by atoms with Crippen molar-refractivity contribution in [2.24, 2.45) is 10.8 Å². The van der Waals surface area contributed by atoms with E-state index in [0.29, 0.717) is 6.61 Å². The van der Waals surface area contributed by atoms with Crippen molar-refractivity contribution in [1.29, 1.82) is 0 Å². The minimum atomic E-state index is 0.151. The van der Waals surface area contributed by atoms with E-state index in [1.807, 2.05) is 0 Å². The summed E-state index contributed by atoms with van der Waals surface area (Å²) in [5, 5.41) is 0. The van der Waals surface area contributed by atoms with Crippen molar-refractivity contribution in [2.75, 3.05) is 46.2 Å². The summed E-state index contributed by atoms with van der Waals surface area (Å²) in [6.45, 7) is 12.0. The van der Waals surface area contributed by atoms with E-state index in [2.05, 4.69) is 20.8 Å². The molecule has 1 atom stereocenters. The first kappa shape index (κ1) is 14.3. The van der Waals surface area contributed by atoms with Gasteiger partial charge in [0.2, 0.25) is 0 Å². The highest BCUT2D eigenvalue weighted by Crippen LogP contribution is 2.31. The monoisotopic (exact) mass is 258 g/mol. The molecule has 4 heteroatoms. The molecule has 2 aliphatic rings. The van der Waals surface area contributed by atoms with Crippen molar-refractivity contribution < 1.29 is 18.9 Å². The molecule has 2 aliphatic heterocycles. The Balaban J connectivity index is 1.56. The van der Waals surface area contributed by atoms with Crippen LogP contribution >= 0.6 is 0 Å². The summed E-state index contributed by atoms with van der Waals surface area (Å²) in [7, 11) is 0. The van der Waals surface area contributed by atoms with Crippen LogP contribution in [0.15, 0.2) is 0 Å². The fourth-order valence-corrected chi connectivity index (χ4v) is 2.15. The van der Waals surface area contributed by atoms with E-state index >= 15 is 0 Å². The lowest BCUT2D eigenvalue weighted by atomic mass is 9.84. The third-order valence-corrected chi connectivity index (χ3v) is 3.94. The van der Waals surface area contributed by atoms with Gasteiger partial charge in [-0.1, -0.05) is 13.8 Å². The van der Waals surface area contributed by atoms with Gasteiger partial charge >= 0.3 is 0 Å². The van der Waals surface area contributed by atoms with Crippen LogP contribution in [0.1, 0.15) is 27.2 Å². The van der Waals surface area contributed by atoms with Crippen LogP contribution in [0.3, 0.4) is 0 Å². The minimum absolute atomic E-state index is 0.151. The van der Waals surface area contributed by atoms with Crippen LogP contribution in [0.25, 0.3) is 0 Å². The zero-order valence-electron chi connectivity index (χ0n) is 11.9. The lowest BCUT2D eigenvalue weighted by Gasteiger charge is -2.41. The first-order valence-electron chi connectivity index (χ1n) is 6.92. The Hall–Kier alpha value is -0.160. The molecular formula is C14H26O4. The van der Waals surface area contributed by atoms with Gasteiger partial charge in [-0.3, -0.25) is 0 Å². The first-order chi connectivity index (χ1) is 8.58. The number of hydrogen-bond donors (Lipinski definition) is 0. The Labute approximate surface area is 110 Å². The molecule has 2 fully saturated rings. The van der Waals surface area contributed by atoms with Gasteiger partial charge in [-0.05, 0) is 13.3 Å². The average Bonchev–Trinajstić information content (AvgIpc) is 2.26. The highest BCUT2D eigenvalue weighted by Gasteiger charge is 2.37. The van der Waals surface area contributed by atoms with E-state index in [9.17, 15) is 0 Å². The Morgan fingerprint density at radius 1 is 1.11 bits per heavy atom. The van der Waals surface area contributed by atoms with E-state index in [1.165, 1.54) is 0 Å². The van der Waals surface area contributed by atoms with Crippen molar-refractivity contribution in [3.05, 3.63) is 0 Å². The molecule has 0 spiro atoms. The summed E-state index contributed by atoms with van der Waals surface area (Å²) in [4.78, 5) is 0. The van der Waals surface area contributed by atoms with Gasteiger partial charge in [0, 0.05) is 10.8 Å². The molecule has 0 aliphatic carbocycles. The fourth-order valence-electron chi connectivity index (χ4n) is 2.15. The predicted octanol–water partition coefficient (Wildman–Crippen LogP) is 1.87. The number of hydrogen-bond acceptors (Lipinski definition) is 4. The first-order valence-corrected chi connectivity index (χ1v) is 6.92. The molecule has 18 heavy (non-hydrogen) atoms. The van der Waals surface area contributed by atoms with Crippen LogP contribution in [-0.4, -0.2) is 52.4 Å². The Bertz CT molecular complexity index is 253. The molecule has 0 aromatic rings. The topological polar surface area (TPSA) is 36.9 Å². The van der Waals surface area contributed by atoms with E-state index in [0.717, 1.165) is 46.1 Å². The molecule has 0 N–H and O–H groups in total. The smallest absolute Gasteiger partial charge is 0.0780 e. The molecule has 106 valence electrons. The SMILES string of the molecule is CCC1(COC(C)COCC2(C)COC2)COC1. The van der Waals surface area contributed by atoms with E-state index < -0.39 is 0 Å². The maximum Gasteiger partial charge on any atom is 0.0780 e. The molecule has 2 heterocycles. The minimum Gasteiger partial charge on any atom is -0.380 e. The van der Waals surface area contributed by atoms with E-state index in [1.54, 1.807) is 0 Å². The van der Waals surface area contributed by atoms with Crippen LogP contribution in [0, 0.1) is 10.8 Å². The summed E-state index contributed by atoms with van der Waals surface area (Å²) in [5.41, 5.74) is 0.494. The molecule has 0 radical (unpaired) electrons. The molecule has 2 rings (SSSR count). The lowest BCUT2D eigenvalue weighted by molar-refractivity contribution is -0.172. The van der Waals surface area contributed by atoms with Gasteiger partial charge in [0.15, 0.2) is 0 Å². The van der Waals surface area contributed by atoms with E-state index in [-0.39, 0.29) is 16.9 Å². The van der Waals surface area contributed by atoms with Crippen LogP contribution in [0.5, 0.6) is 0 Å².